The highest BCUT2D eigenvalue weighted by molar-refractivity contribution is 6.29. The molecule has 1 aliphatic heterocycles. The topological polar surface area (TPSA) is 71.8 Å². The number of ether oxygens (including phenoxy) is 1. The van der Waals surface area contributed by atoms with Gasteiger partial charge in [-0.15, -0.1) is 0 Å². The lowest BCUT2D eigenvalue weighted by Crippen LogP contribution is -2.35. The number of amides is 1. The molecule has 4 rings (SSSR count). The van der Waals surface area contributed by atoms with Gasteiger partial charge in [0.15, 0.2) is 10.8 Å². The number of anilines is 1. The third kappa shape index (κ3) is 3.38. The van der Waals surface area contributed by atoms with Crippen LogP contribution in [-0.2, 0) is 4.79 Å². The van der Waals surface area contributed by atoms with Gasteiger partial charge in [0.25, 0.3) is 0 Å². The maximum atomic E-state index is 11.4. The lowest BCUT2D eigenvalue weighted by atomic mass is 10.1. The van der Waals surface area contributed by atoms with Crippen LogP contribution in [0, 0.1) is 6.92 Å². The zero-order chi connectivity index (χ0) is 19.8. The molecule has 1 unspecified atom stereocenters. The van der Waals surface area contributed by atoms with Crippen molar-refractivity contribution in [3.8, 4) is 17.0 Å². The highest BCUT2D eigenvalue weighted by atomic mass is 35.5. The Morgan fingerprint density at radius 2 is 2.18 bits per heavy atom. The SMILES string of the molecule is COc1cccc(-c2c(C)nc3c(N4CCC(NC(C)=O)C4)cc(Cl)nn23)c1. The Bertz CT molecular complexity index is 1050. The molecular weight excluding hydrogens is 378 g/mol. The molecule has 0 aliphatic carbocycles. The van der Waals surface area contributed by atoms with Gasteiger partial charge in [0.1, 0.15) is 5.75 Å². The number of benzene rings is 1. The van der Waals surface area contributed by atoms with Crippen LogP contribution < -0.4 is 15.0 Å². The summed E-state index contributed by atoms with van der Waals surface area (Å²) in [5.74, 6) is 0.758. The summed E-state index contributed by atoms with van der Waals surface area (Å²) in [6.07, 6.45) is 0.883. The van der Waals surface area contributed by atoms with Crippen molar-refractivity contribution in [3.05, 3.63) is 41.2 Å². The predicted octanol–water partition coefficient (Wildman–Crippen LogP) is 3.08. The summed E-state index contributed by atoms with van der Waals surface area (Å²) in [6, 6.07) is 9.77. The summed E-state index contributed by atoms with van der Waals surface area (Å²) in [6.45, 7) is 5.05. The Balaban J connectivity index is 1.79. The quantitative estimate of drug-likeness (QED) is 0.730. The fourth-order valence-electron chi connectivity index (χ4n) is 3.80. The molecule has 28 heavy (non-hydrogen) atoms. The van der Waals surface area contributed by atoms with E-state index < -0.39 is 0 Å². The van der Waals surface area contributed by atoms with Crippen molar-refractivity contribution in [2.45, 2.75) is 26.3 Å². The Labute approximate surface area is 168 Å². The lowest BCUT2D eigenvalue weighted by molar-refractivity contribution is -0.119. The second-order valence-electron chi connectivity index (χ2n) is 7.00. The molecule has 1 amide bonds. The summed E-state index contributed by atoms with van der Waals surface area (Å²) < 4.78 is 7.16. The number of carbonyl (C=O) groups is 1. The van der Waals surface area contributed by atoms with E-state index in [1.54, 1.807) is 18.5 Å². The van der Waals surface area contributed by atoms with Crippen LogP contribution in [0.15, 0.2) is 30.3 Å². The van der Waals surface area contributed by atoms with E-state index in [0.29, 0.717) is 5.15 Å². The van der Waals surface area contributed by atoms with Crippen molar-refractivity contribution >= 4 is 28.8 Å². The number of nitrogens with zero attached hydrogens (tertiary/aromatic N) is 4. The molecule has 0 radical (unpaired) electrons. The smallest absolute Gasteiger partial charge is 0.217 e. The molecule has 2 aromatic heterocycles. The minimum Gasteiger partial charge on any atom is -0.497 e. The van der Waals surface area contributed by atoms with Gasteiger partial charge in [-0.1, -0.05) is 23.7 Å². The number of aryl methyl sites for hydroxylation is 1. The van der Waals surface area contributed by atoms with Crippen molar-refractivity contribution in [3.63, 3.8) is 0 Å². The van der Waals surface area contributed by atoms with E-state index in [1.807, 2.05) is 37.3 Å². The molecule has 1 aliphatic rings. The number of halogens is 1. The van der Waals surface area contributed by atoms with Crippen LogP contribution in [0.25, 0.3) is 16.9 Å². The Morgan fingerprint density at radius 3 is 2.93 bits per heavy atom. The van der Waals surface area contributed by atoms with Gasteiger partial charge in [-0.05, 0) is 25.5 Å². The van der Waals surface area contributed by atoms with Crippen molar-refractivity contribution < 1.29 is 9.53 Å². The maximum absolute atomic E-state index is 11.4. The third-order valence-corrected chi connectivity index (χ3v) is 5.17. The van der Waals surface area contributed by atoms with E-state index >= 15 is 0 Å². The summed E-state index contributed by atoms with van der Waals surface area (Å²) in [4.78, 5) is 18.4. The van der Waals surface area contributed by atoms with Crippen molar-refractivity contribution in [2.75, 3.05) is 25.1 Å². The minimum atomic E-state index is -0.0123. The largest absolute Gasteiger partial charge is 0.497 e. The number of hydrogen-bond acceptors (Lipinski definition) is 5. The molecule has 0 spiro atoms. The number of aromatic nitrogens is 3. The summed E-state index contributed by atoms with van der Waals surface area (Å²) in [5.41, 5.74) is 4.38. The Morgan fingerprint density at radius 1 is 1.36 bits per heavy atom. The molecule has 0 bridgehead atoms. The van der Waals surface area contributed by atoms with E-state index in [0.717, 1.165) is 53.5 Å². The van der Waals surface area contributed by atoms with E-state index in [2.05, 4.69) is 15.3 Å². The zero-order valence-electron chi connectivity index (χ0n) is 16.1. The van der Waals surface area contributed by atoms with E-state index in [-0.39, 0.29) is 11.9 Å². The number of fused-ring (bicyclic) bond motifs is 1. The molecule has 1 fully saturated rings. The molecule has 3 heterocycles. The van der Waals surface area contributed by atoms with Gasteiger partial charge in [-0.25, -0.2) is 9.50 Å². The molecule has 1 N–H and O–H groups in total. The van der Waals surface area contributed by atoms with Gasteiger partial charge in [0.2, 0.25) is 5.91 Å². The molecule has 1 atom stereocenters. The van der Waals surface area contributed by atoms with Gasteiger partial charge in [0.05, 0.1) is 24.2 Å². The predicted molar refractivity (Wildman–Crippen MR) is 109 cm³/mol. The number of methoxy groups -OCH3 is 1. The number of carbonyl (C=O) groups excluding carboxylic acids is 1. The second kappa shape index (κ2) is 7.31. The number of rotatable bonds is 4. The van der Waals surface area contributed by atoms with Crippen molar-refractivity contribution in [1.82, 2.24) is 19.9 Å². The first kappa shape index (κ1) is 18.6. The van der Waals surface area contributed by atoms with Gasteiger partial charge < -0.3 is 15.0 Å². The molecule has 3 aromatic rings. The number of nitrogens with one attached hydrogen (secondary N) is 1. The molecule has 8 heteroatoms. The maximum Gasteiger partial charge on any atom is 0.217 e. The fraction of sp³-hybridized carbons (Fsp3) is 0.350. The first-order valence-corrected chi connectivity index (χ1v) is 9.56. The highest BCUT2D eigenvalue weighted by Crippen LogP contribution is 2.33. The monoisotopic (exact) mass is 399 g/mol. The Hall–Kier alpha value is -2.80. The average molecular weight is 400 g/mol. The minimum absolute atomic E-state index is 0.0123. The van der Waals surface area contributed by atoms with Crippen molar-refractivity contribution in [1.29, 1.82) is 0 Å². The van der Waals surface area contributed by atoms with Crippen molar-refractivity contribution in [2.24, 2.45) is 0 Å². The lowest BCUT2D eigenvalue weighted by Gasteiger charge is -2.19. The first-order valence-electron chi connectivity index (χ1n) is 9.18. The molecule has 0 saturated carbocycles. The van der Waals surface area contributed by atoms with E-state index in [4.69, 9.17) is 21.3 Å². The average Bonchev–Trinajstić information content (AvgIpc) is 3.24. The zero-order valence-corrected chi connectivity index (χ0v) is 16.8. The molecule has 7 nitrogen and oxygen atoms in total. The first-order chi connectivity index (χ1) is 13.5. The van der Waals surface area contributed by atoms with E-state index in [1.165, 1.54) is 0 Å². The number of hydrogen-bond donors (Lipinski definition) is 1. The van der Waals surface area contributed by atoms with Crippen LogP contribution in [-0.4, -0.2) is 46.7 Å². The second-order valence-corrected chi connectivity index (χ2v) is 7.38. The summed E-state index contributed by atoms with van der Waals surface area (Å²) in [5, 5.41) is 7.89. The van der Waals surface area contributed by atoms with Crippen LogP contribution in [0.4, 0.5) is 5.69 Å². The highest BCUT2D eigenvalue weighted by Gasteiger charge is 2.27. The van der Waals surface area contributed by atoms with Gasteiger partial charge in [-0.3, -0.25) is 4.79 Å². The third-order valence-electron chi connectivity index (χ3n) is 4.99. The van der Waals surface area contributed by atoms with Gasteiger partial charge >= 0.3 is 0 Å². The van der Waals surface area contributed by atoms with Crippen LogP contribution in [0.2, 0.25) is 5.15 Å². The van der Waals surface area contributed by atoms with Gasteiger partial charge in [-0.2, -0.15) is 5.10 Å². The van der Waals surface area contributed by atoms with Crippen LogP contribution >= 0.6 is 11.6 Å². The number of imidazole rings is 1. The molecule has 1 aromatic carbocycles. The summed E-state index contributed by atoms with van der Waals surface area (Å²) in [7, 11) is 1.65. The summed E-state index contributed by atoms with van der Waals surface area (Å²) >= 11 is 6.37. The fourth-order valence-corrected chi connectivity index (χ4v) is 3.98. The van der Waals surface area contributed by atoms with E-state index in [9.17, 15) is 4.79 Å². The molecular formula is C20H22ClN5O2. The van der Waals surface area contributed by atoms with Gasteiger partial charge in [0, 0.05) is 37.7 Å². The van der Waals surface area contributed by atoms with Crippen LogP contribution in [0.3, 0.4) is 0 Å². The molecule has 1 saturated heterocycles. The molecule has 146 valence electrons. The standard InChI is InChI=1S/C20H22ClN5O2/c1-12-19(14-5-4-6-16(9-14)28-3)26-20(22-12)17(10-18(21)24-26)25-8-7-15(11-25)23-13(2)27/h4-6,9-10,15H,7-8,11H2,1-3H3,(H,23,27). The Kier molecular flexibility index (Phi) is 4.85. The normalized spacial score (nSPS) is 16.6. The van der Waals surface area contributed by atoms with Crippen LogP contribution in [0.1, 0.15) is 19.0 Å². The van der Waals surface area contributed by atoms with Crippen LogP contribution in [0.5, 0.6) is 5.75 Å².